The van der Waals surface area contributed by atoms with Gasteiger partial charge in [-0.25, -0.2) is 14.5 Å². The molecular weight excluding hydrogens is 363 g/mol. The number of nitrogens with one attached hydrogen (secondary N) is 2. The van der Waals surface area contributed by atoms with Gasteiger partial charge in [0.2, 0.25) is 5.95 Å². The molecule has 23 heavy (non-hydrogen) atoms. The van der Waals surface area contributed by atoms with Crippen molar-refractivity contribution < 1.29 is 9.13 Å². The number of benzene rings is 2. The summed E-state index contributed by atoms with van der Waals surface area (Å²) in [6.07, 6.45) is 1.43. The first-order valence-corrected chi connectivity index (χ1v) is 7.75. The van der Waals surface area contributed by atoms with Crippen LogP contribution in [0.2, 0.25) is 0 Å². The van der Waals surface area contributed by atoms with Gasteiger partial charge < -0.3 is 10.1 Å². The van der Waals surface area contributed by atoms with E-state index in [1.54, 1.807) is 18.2 Å². The minimum atomic E-state index is -0.272. The Morgan fingerprint density at radius 2 is 2.04 bits per heavy atom. The Balaban J connectivity index is 1.72. The third-order valence-electron chi connectivity index (χ3n) is 3.22. The van der Waals surface area contributed by atoms with Crippen molar-refractivity contribution in [1.82, 2.24) is 15.2 Å². The third-order valence-corrected chi connectivity index (χ3v) is 3.72. The molecule has 2 aromatic carbocycles. The molecular formula is C16H14BrFN4O. The first kappa shape index (κ1) is 15.5. The Labute approximate surface area is 141 Å². The quantitative estimate of drug-likeness (QED) is 0.684. The molecule has 0 unspecified atom stereocenters. The number of aromatic amines is 1. The van der Waals surface area contributed by atoms with Crippen LogP contribution in [0.3, 0.4) is 0 Å². The van der Waals surface area contributed by atoms with E-state index in [2.05, 4.69) is 36.4 Å². The van der Waals surface area contributed by atoms with Crippen LogP contribution in [0.1, 0.15) is 11.1 Å². The lowest BCUT2D eigenvalue weighted by molar-refractivity contribution is 0.297. The van der Waals surface area contributed by atoms with Gasteiger partial charge in [-0.05, 0) is 24.3 Å². The van der Waals surface area contributed by atoms with E-state index in [4.69, 9.17) is 4.74 Å². The van der Waals surface area contributed by atoms with E-state index in [9.17, 15) is 4.39 Å². The van der Waals surface area contributed by atoms with Gasteiger partial charge in [0.1, 0.15) is 24.5 Å². The highest BCUT2D eigenvalue weighted by Crippen LogP contribution is 2.25. The van der Waals surface area contributed by atoms with Gasteiger partial charge in [-0.1, -0.05) is 34.1 Å². The van der Waals surface area contributed by atoms with Gasteiger partial charge in [-0.15, -0.1) is 0 Å². The second-order valence-electron chi connectivity index (χ2n) is 4.82. The Kier molecular flexibility index (Phi) is 4.87. The van der Waals surface area contributed by atoms with Crippen molar-refractivity contribution in [2.45, 2.75) is 13.2 Å². The summed E-state index contributed by atoms with van der Waals surface area (Å²) in [6, 6.07) is 12.3. The van der Waals surface area contributed by atoms with Crippen LogP contribution in [0.5, 0.6) is 5.75 Å². The molecule has 0 bridgehead atoms. The van der Waals surface area contributed by atoms with Crippen molar-refractivity contribution >= 4 is 21.9 Å². The lowest BCUT2D eigenvalue weighted by atomic mass is 10.2. The highest BCUT2D eigenvalue weighted by Gasteiger charge is 2.08. The van der Waals surface area contributed by atoms with E-state index >= 15 is 0 Å². The largest absolute Gasteiger partial charge is 0.488 e. The Morgan fingerprint density at radius 3 is 2.83 bits per heavy atom. The lowest BCUT2D eigenvalue weighted by Crippen LogP contribution is -2.05. The van der Waals surface area contributed by atoms with E-state index in [0.717, 1.165) is 10.0 Å². The van der Waals surface area contributed by atoms with Crippen molar-refractivity contribution in [3.63, 3.8) is 0 Å². The zero-order valence-electron chi connectivity index (χ0n) is 12.1. The third kappa shape index (κ3) is 4.07. The summed E-state index contributed by atoms with van der Waals surface area (Å²) in [4.78, 5) is 4.01. The predicted octanol–water partition coefficient (Wildman–Crippen LogP) is 3.90. The van der Waals surface area contributed by atoms with Crippen LogP contribution < -0.4 is 10.1 Å². The topological polar surface area (TPSA) is 62.8 Å². The lowest BCUT2D eigenvalue weighted by Gasteiger charge is -2.13. The molecule has 7 heteroatoms. The standard InChI is InChI=1S/C16H14BrFN4O/c17-13-5-6-15(23-9-11-3-1-2-4-14(11)18)12(7-13)8-19-16-20-10-21-22-16/h1-7,10H,8-9H2,(H2,19,20,21,22). The van der Waals surface area contributed by atoms with Gasteiger partial charge in [-0.3, -0.25) is 0 Å². The van der Waals surface area contributed by atoms with Crippen LogP contribution in [0, 0.1) is 5.82 Å². The summed E-state index contributed by atoms with van der Waals surface area (Å²) < 4.78 is 20.4. The Morgan fingerprint density at radius 1 is 1.17 bits per heavy atom. The summed E-state index contributed by atoms with van der Waals surface area (Å²) in [6.45, 7) is 0.671. The predicted molar refractivity (Wildman–Crippen MR) is 88.6 cm³/mol. The number of nitrogens with zero attached hydrogens (tertiary/aromatic N) is 2. The first-order valence-electron chi connectivity index (χ1n) is 6.96. The van der Waals surface area contributed by atoms with Crippen LogP contribution in [0.4, 0.5) is 10.3 Å². The highest BCUT2D eigenvalue weighted by molar-refractivity contribution is 9.10. The molecule has 5 nitrogen and oxygen atoms in total. The minimum absolute atomic E-state index is 0.170. The molecule has 0 amide bonds. The minimum Gasteiger partial charge on any atom is -0.488 e. The van der Waals surface area contributed by atoms with E-state index in [1.165, 1.54) is 12.4 Å². The Bertz CT molecular complexity index is 780. The zero-order valence-corrected chi connectivity index (χ0v) is 13.7. The van der Waals surface area contributed by atoms with Crippen LogP contribution >= 0.6 is 15.9 Å². The first-order chi connectivity index (χ1) is 11.2. The number of rotatable bonds is 6. The van der Waals surface area contributed by atoms with E-state index < -0.39 is 0 Å². The summed E-state index contributed by atoms with van der Waals surface area (Å²) in [5.41, 5.74) is 1.44. The van der Waals surface area contributed by atoms with E-state index in [1.807, 2.05) is 18.2 Å². The summed E-state index contributed by atoms with van der Waals surface area (Å²) in [7, 11) is 0. The normalized spacial score (nSPS) is 10.5. The van der Waals surface area contributed by atoms with E-state index in [0.29, 0.717) is 23.8 Å². The molecule has 0 saturated carbocycles. The van der Waals surface area contributed by atoms with E-state index in [-0.39, 0.29) is 12.4 Å². The molecule has 0 spiro atoms. The molecule has 1 heterocycles. The molecule has 0 fully saturated rings. The van der Waals surface area contributed by atoms with Gasteiger partial charge in [-0.2, -0.15) is 5.10 Å². The molecule has 3 aromatic rings. The summed E-state index contributed by atoms with van der Waals surface area (Å²) in [5.74, 6) is 0.986. The zero-order chi connectivity index (χ0) is 16.1. The summed E-state index contributed by atoms with van der Waals surface area (Å²) >= 11 is 3.44. The van der Waals surface area contributed by atoms with Gasteiger partial charge in [0, 0.05) is 22.1 Å². The van der Waals surface area contributed by atoms with Gasteiger partial charge in [0.15, 0.2) is 0 Å². The fourth-order valence-electron chi connectivity index (χ4n) is 2.07. The van der Waals surface area contributed by atoms with Crippen molar-refractivity contribution in [3.05, 3.63) is 70.2 Å². The second-order valence-corrected chi connectivity index (χ2v) is 5.74. The average Bonchev–Trinajstić information content (AvgIpc) is 3.07. The number of ether oxygens (including phenoxy) is 1. The fourth-order valence-corrected chi connectivity index (χ4v) is 2.48. The smallest absolute Gasteiger partial charge is 0.218 e. The van der Waals surface area contributed by atoms with Gasteiger partial charge in [0.05, 0.1) is 0 Å². The van der Waals surface area contributed by atoms with Crippen LogP contribution in [0.15, 0.2) is 53.3 Å². The molecule has 2 N–H and O–H groups in total. The molecule has 0 saturated heterocycles. The number of anilines is 1. The van der Waals surface area contributed by atoms with Gasteiger partial charge >= 0.3 is 0 Å². The van der Waals surface area contributed by atoms with Crippen molar-refractivity contribution in [2.24, 2.45) is 0 Å². The molecule has 1 aromatic heterocycles. The molecule has 0 radical (unpaired) electrons. The molecule has 0 aliphatic carbocycles. The second kappa shape index (κ2) is 7.23. The monoisotopic (exact) mass is 376 g/mol. The fraction of sp³-hybridized carbons (Fsp3) is 0.125. The molecule has 3 rings (SSSR count). The van der Waals surface area contributed by atoms with Crippen molar-refractivity contribution in [3.8, 4) is 5.75 Å². The maximum absolute atomic E-state index is 13.7. The maximum atomic E-state index is 13.7. The number of H-pyrrole nitrogens is 1. The van der Waals surface area contributed by atoms with Crippen LogP contribution in [-0.2, 0) is 13.2 Å². The molecule has 0 aliphatic rings. The van der Waals surface area contributed by atoms with Crippen molar-refractivity contribution in [2.75, 3.05) is 5.32 Å². The maximum Gasteiger partial charge on any atom is 0.218 e. The number of halogens is 2. The SMILES string of the molecule is Fc1ccccc1COc1ccc(Br)cc1CNc1ncn[nH]1. The molecule has 0 aliphatic heterocycles. The van der Waals surface area contributed by atoms with Crippen molar-refractivity contribution in [1.29, 1.82) is 0 Å². The number of hydrogen-bond donors (Lipinski definition) is 2. The number of hydrogen-bond acceptors (Lipinski definition) is 4. The average molecular weight is 377 g/mol. The van der Waals surface area contributed by atoms with Crippen LogP contribution in [-0.4, -0.2) is 15.2 Å². The highest BCUT2D eigenvalue weighted by atomic mass is 79.9. The molecule has 118 valence electrons. The number of aromatic nitrogens is 3. The van der Waals surface area contributed by atoms with Gasteiger partial charge in [0.25, 0.3) is 0 Å². The van der Waals surface area contributed by atoms with Crippen LogP contribution in [0.25, 0.3) is 0 Å². The molecule has 0 atom stereocenters. The summed E-state index contributed by atoms with van der Waals surface area (Å²) in [5, 5.41) is 9.63. The Hall–Kier alpha value is -2.41.